The normalized spacial score (nSPS) is 18.3. The van der Waals surface area contributed by atoms with E-state index in [4.69, 9.17) is 23.2 Å². The van der Waals surface area contributed by atoms with Crippen LogP contribution in [0.3, 0.4) is 0 Å². The lowest BCUT2D eigenvalue weighted by atomic mass is 9.98. The lowest BCUT2D eigenvalue weighted by Gasteiger charge is -2.26. The summed E-state index contributed by atoms with van der Waals surface area (Å²) in [6.07, 6.45) is 1.21. The van der Waals surface area contributed by atoms with Crippen molar-refractivity contribution in [1.82, 2.24) is 4.72 Å². The summed E-state index contributed by atoms with van der Waals surface area (Å²) in [6, 6.07) is 2.08. The zero-order chi connectivity index (χ0) is 16.0. The van der Waals surface area contributed by atoms with Crippen LogP contribution in [0.4, 0.5) is 4.39 Å². The molecule has 1 aromatic rings. The van der Waals surface area contributed by atoms with E-state index in [1.54, 1.807) is 0 Å². The topological polar surface area (TPSA) is 83.5 Å². The predicted molar refractivity (Wildman–Crippen MR) is 75.5 cm³/mol. The van der Waals surface area contributed by atoms with E-state index in [-0.39, 0.29) is 10.9 Å². The van der Waals surface area contributed by atoms with E-state index in [1.165, 1.54) is 6.92 Å². The van der Waals surface area contributed by atoms with Crippen molar-refractivity contribution >= 4 is 39.2 Å². The van der Waals surface area contributed by atoms with E-state index < -0.39 is 37.3 Å². The van der Waals surface area contributed by atoms with Crippen LogP contribution < -0.4 is 4.72 Å². The molecule has 2 N–H and O–H groups in total. The number of aliphatic carboxylic acids is 1. The van der Waals surface area contributed by atoms with Crippen molar-refractivity contribution < 1.29 is 22.7 Å². The molecule has 1 saturated carbocycles. The lowest BCUT2D eigenvalue weighted by molar-refractivity contribution is -0.144. The first-order valence-electron chi connectivity index (χ1n) is 6.00. The minimum Gasteiger partial charge on any atom is -0.480 e. The molecule has 0 aromatic heterocycles. The highest BCUT2D eigenvalue weighted by Gasteiger charge is 2.50. The van der Waals surface area contributed by atoms with Crippen LogP contribution in [0.15, 0.2) is 17.0 Å². The number of benzene rings is 1. The van der Waals surface area contributed by atoms with Gasteiger partial charge >= 0.3 is 5.97 Å². The summed E-state index contributed by atoms with van der Waals surface area (Å²) in [5.41, 5.74) is -1.65. The highest BCUT2D eigenvalue weighted by Crippen LogP contribution is 2.41. The number of nitrogens with one attached hydrogen (secondary N) is 1. The number of carboxylic acid groups (broad SMARTS) is 1. The van der Waals surface area contributed by atoms with Gasteiger partial charge in [-0.1, -0.05) is 23.2 Å². The molecule has 1 atom stereocenters. The molecule has 9 heteroatoms. The third kappa shape index (κ3) is 3.01. The monoisotopic (exact) mass is 355 g/mol. The molecule has 1 aromatic carbocycles. The van der Waals surface area contributed by atoms with Crippen LogP contribution in [0.2, 0.25) is 10.0 Å². The second kappa shape index (κ2) is 5.39. The molecule has 0 aliphatic heterocycles. The van der Waals surface area contributed by atoms with Gasteiger partial charge in [0.2, 0.25) is 10.0 Å². The second-order valence-electron chi connectivity index (χ2n) is 5.06. The van der Waals surface area contributed by atoms with Crippen LogP contribution in [0.1, 0.15) is 19.8 Å². The Balaban J connectivity index is 2.43. The smallest absolute Gasteiger partial charge is 0.324 e. The number of carboxylic acids is 1. The lowest BCUT2D eigenvalue weighted by Crippen LogP contribution is -2.53. The first-order valence-corrected chi connectivity index (χ1v) is 8.24. The van der Waals surface area contributed by atoms with Gasteiger partial charge in [0.15, 0.2) is 5.82 Å². The average molecular weight is 356 g/mol. The predicted octanol–water partition coefficient (Wildman–Crippen LogP) is 2.66. The maximum Gasteiger partial charge on any atom is 0.324 e. The summed E-state index contributed by atoms with van der Waals surface area (Å²) in [5, 5.41) is 8.28. The van der Waals surface area contributed by atoms with Gasteiger partial charge in [0.25, 0.3) is 0 Å². The van der Waals surface area contributed by atoms with Gasteiger partial charge in [0, 0.05) is 0 Å². The van der Waals surface area contributed by atoms with Gasteiger partial charge in [0.1, 0.15) is 10.4 Å². The molecule has 5 nitrogen and oxygen atoms in total. The van der Waals surface area contributed by atoms with E-state index in [0.717, 1.165) is 12.1 Å². The Kier molecular flexibility index (Phi) is 4.23. The Bertz CT molecular complexity index is 705. The van der Waals surface area contributed by atoms with Gasteiger partial charge < -0.3 is 5.11 Å². The number of hydrogen-bond acceptors (Lipinski definition) is 3. The molecule has 0 bridgehead atoms. The number of halogens is 3. The Hall–Kier alpha value is -0.890. The van der Waals surface area contributed by atoms with Crippen molar-refractivity contribution in [2.75, 3.05) is 0 Å². The molecule has 1 aliphatic carbocycles. The van der Waals surface area contributed by atoms with Crippen LogP contribution in [0.5, 0.6) is 0 Å². The standard InChI is InChI=1S/C12H12Cl2FNO4S/c1-12(11(17)18,6-2-3-6)16-21(19,20)8-5-4-7(13)10(15)9(8)14/h4-6,16H,2-3H2,1H3,(H,17,18). The SMILES string of the molecule is CC(NS(=O)(=O)c1ccc(Cl)c(F)c1Cl)(C(=O)O)C1CC1. The van der Waals surface area contributed by atoms with Crippen molar-refractivity contribution in [3.8, 4) is 0 Å². The van der Waals surface area contributed by atoms with Gasteiger partial charge in [-0.2, -0.15) is 4.72 Å². The maximum absolute atomic E-state index is 13.6. The number of sulfonamides is 1. The fourth-order valence-corrected chi connectivity index (χ4v) is 4.18. The van der Waals surface area contributed by atoms with Crippen LogP contribution in [-0.2, 0) is 14.8 Å². The highest BCUT2D eigenvalue weighted by molar-refractivity contribution is 7.89. The van der Waals surface area contributed by atoms with Crippen molar-refractivity contribution in [3.05, 3.63) is 28.0 Å². The van der Waals surface area contributed by atoms with E-state index in [2.05, 4.69) is 4.72 Å². The van der Waals surface area contributed by atoms with Crippen LogP contribution in [0, 0.1) is 11.7 Å². The van der Waals surface area contributed by atoms with E-state index in [1.807, 2.05) is 0 Å². The van der Waals surface area contributed by atoms with Gasteiger partial charge in [0.05, 0.1) is 10.0 Å². The third-order valence-corrected chi connectivity index (χ3v) is 5.86. The number of hydrogen-bond donors (Lipinski definition) is 2. The highest BCUT2D eigenvalue weighted by atomic mass is 35.5. The minimum atomic E-state index is -4.30. The Morgan fingerprint density at radius 3 is 2.48 bits per heavy atom. The zero-order valence-corrected chi connectivity index (χ0v) is 13.2. The minimum absolute atomic E-state index is 0.305. The van der Waals surface area contributed by atoms with Crippen LogP contribution in [0.25, 0.3) is 0 Å². The molecule has 1 unspecified atom stereocenters. The van der Waals surface area contributed by atoms with Crippen molar-refractivity contribution in [1.29, 1.82) is 0 Å². The van der Waals surface area contributed by atoms with Crippen molar-refractivity contribution in [2.24, 2.45) is 5.92 Å². The summed E-state index contributed by atoms with van der Waals surface area (Å²) >= 11 is 11.2. The Morgan fingerprint density at radius 1 is 1.43 bits per heavy atom. The van der Waals surface area contributed by atoms with Crippen molar-refractivity contribution in [3.63, 3.8) is 0 Å². The first-order chi connectivity index (χ1) is 9.59. The van der Waals surface area contributed by atoms with E-state index in [0.29, 0.717) is 12.8 Å². The van der Waals surface area contributed by atoms with Crippen molar-refractivity contribution in [2.45, 2.75) is 30.2 Å². The first kappa shape index (κ1) is 16.5. The average Bonchev–Trinajstić information content (AvgIpc) is 3.19. The summed E-state index contributed by atoms with van der Waals surface area (Å²) in [6.45, 7) is 1.28. The summed E-state index contributed by atoms with van der Waals surface area (Å²) in [5.74, 6) is -2.66. The molecule has 0 heterocycles. The molecular formula is C12H12Cl2FNO4S. The molecule has 21 heavy (non-hydrogen) atoms. The molecule has 116 valence electrons. The molecule has 1 fully saturated rings. The molecular weight excluding hydrogens is 344 g/mol. The number of rotatable bonds is 5. The fraction of sp³-hybridized carbons (Fsp3) is 0.417. The van der Waals surface area contributed by atoms with E-state index in [9.17, 15) is 22.7 Å². The molecule has 2 rings (SSSR count). The fourth-order valence-electron chi connectivity index (χ4n) is 2.01. The molecule has 0 saturated heterocycles. The van der Waals surface area contributed by atoms with Crippen LogP contribution >= 0.6 is 23.2 Å². The molecule has 0 spiro atoms. The summed E-state index contributed by atoms with van der Waals surface area (Å²) in [4.78, 5) is 10.8. The van der Waals surface area contributed by atoms with Gasteiger partial charge in [-0.15, -0.1) is 0 Å². The summed E-state index contributed by atoms with van der Waals surface area (Å²) < 4.78 is 40.3. The zero-order valence-electron chi connectivity index (χ0n) is 10.9. The molecule has 1 aliphatic rings. The third-order valence-electron chi connectivity index (χ3n) is 3.47. The molecule has 0 amide bonds. The van der Waals surface area contributed by atoms with E-state index >= 15 is 0 Å². The number of carbonyl (C=O) groups is 1. The Morgan fingerprint density at radius 2 is 2.00 bits per heavy atom. The van der Waals surface area contributed by atoms with Gasteiger partial charge in [-0.3, -0.25) is 4.79 Å². The molecule has 0 radical (unpaired) electrons. The quantitative estimate of drug-likeness (QED) is 0.795. The Labute approximate surface area is 131 Å². The van der Waals surface area contributed by atoms with Crippen LogP contribution in [-0.4, -0.2) is 25.0 Å². The van der Waals surface area contributed by atoms with Gasteiger partial charge in [-0.25, -0.2) is 12.8 Å². The largest absolute Gasteiger partial charge is 0.480 e. The van der Waals surface area contributed by atoms with Gasteiger partial charge in [-0.05, 0) is 37.8 Å². The summed E-state index contributed by atoms with van der Waals surface area (Å²) in [7, 11) is -4.30. The maximum atomic E-state index is 13.6. The second-order valence-corrected chi connectivity index (χ2v) is 7.50.